The van der Waals surface area contributed by atoms with Gasteiger partial charge in [0.05, 0.1) is 17.9 Å². The maximum atomic E-state index is 13.1. The number of rotatable bonds is 3. The first-order valence-corrected chi connectivity index (χ1v) is 6.36. The largest absolute Gasteiger partial charge is 0.383 e. The number of nitrogens with two attached hydrogens (primary N) is 1. The molecule has 19 heavy (non-hydrogen) atoms. The maximum absolute atomic E-state index is 13.1. The van der Waals surface area contributed by atoms with Crippen molar-refractivity contribution in [3.8, 4) is 0 Å². The number of aromatic nitrogens is 1. The summed E-state index contributed by atoms with van der Waals surface area (Å²) in [5, 5.41) is 0. The monoisotopic (exact) mass is 267 g/mol. The molecule has 1 amide bonds. The fourth-order valence-electron chi connectivity index (χ4n) is 2.17. The zero-order chi connectivity index (χ0) is 13.8. The van der Waals surface area contributed by atoms with Crippen molar-refractivity contribution in [3.05, 3.63) is 23.6 Å². The van der Waals surface area contributed by atoms with Gasteiger partial charge in [-0.15, -0.1) is 0 Å². The number of nitrogen functional groups attached to an aromatic ring is 1. The first kappa shape index (κ1) is 13.7. The molecule has 5 nitrogen and oxygen atoms in total. The first-order valence-electron chi connectivity index (χ1n) is 6.36. The first-order chi connectivity index (χ1) is 9.08. The fourth-order valence-corrected chi connectivity index (χ4v) is 2.17. The van der Waals surface area contributed by atoms with Gasteiger partial charge in [-0.05, 0) is 25.3 Å². The summed E-state index contributed by atoms with van der Waals surface area (Å²) in [7, 11) is 1.66. The molecule has 104 valence electrons. The highest BCUT2D eigenvalue weighted by molar-refractivity contribution is 5.98. The quantitative estimate of drug-likeness (QED) is 0.900. The molecule has 0 saturated carbocycles. The molecule has 1 aliphatic rings. The molecule has 0 spiro atoms. The lowest BCUT2D eigenvalue weighted by molar-refractivity contribution is -0.000182. The number of halogens is 1. The van der Waals surface area contributed by atoms with Gasteiger partial charge in [-0.2, -0.15) is 0 Å². The van der Waals surface area contributed by atoms with Gasteiger partial charge in [-0.3, -0.25) is 4.79 Å². The number of likely N-dealkylation sites (N-methyl/N-ethyl adjacent to an activating group) is 1. The van der Waals surface area contributed by atoms with Gasteiger partial charge in [-0.1, -0.05) is 0 Å². The fraction of sp³-hybridized carbons (Fsp3) is 0.538. The Morgan fingerprint density at radius 1 is 1.63 bits per heavy atom. The van der Waals surface area contributed by atoms with Gasteiger partial charge in [0.2, 0.25) is 0 Å². The van der Waals surface area contributed by atoms with Gasteiger partial charge in [-0.25, -0.2) is 9.37 Å². The summed E-state index contributed by atoms with van der Waals surface area (Å²) in [5.74, 6) is -0.860. The number of ether oxygens (including phenoxy) is 1. The Balaban J connectivity index is 2.03. The van der Waals surface area contributed by atoms with Crippen LogP contribution in [-0.4, -0.2) is 42.1 Å². The Labute approximate surface area is 111 Å². The van der Waals surface area contributed by atoms with Gasteiger partial charge in [0, 0.05) is 20.2 Å². The Morgan fingerprint density at radius 3 is 3.11 bits per heavy atom. The smallest absolute Gasteiger partial charge is 0.257 e. The van der Waals surface area contributed by atoms with Gasteiger partial charge >= 0.3 is 0 Å². The summed E-state index contributed by atoms with van der Waals surface area (Å²) in [6.07, 6.45) is 4.15. The Morgan fingerprint density at radius 2 is 2.42 bits per heavy atom. The van der Waals surface area contributed by atoms with Crippen molar-refractivity contribution in [2.45, 2.75) is 25.4 Å². The van der Waals surface area contributed by atoms with Gasteiger partial charge in [0.1, 0.15) is 11.6 Å². The zero-order valence-corrected chi connectivity index (χ0v) is 10.9. The normalized spacial score (nSPS) is 19.2. The molecule has 1 unspecified atom stereocenters. The predicted molar refractivity (Wildman–Crippen MR) is 69.2 cm³/mol. The van der Waals surface area contributed by atoms with E-state index in [1.54, 1.807) is 7.05 Å². The second kappa shape index (κ2) is 5.97. The molecule has 1 saturated heterocycles. The van der Waals surface area contributed by atoms with Crippen molar-refractivity contribution < 1.29 is 13.9 Å². The lowest BCUT2D eigenvalue weighted by Crippen LogP contribution is -2.37. The Hall–Kier alpha value is -1.69. The number of hydrogen-bond acceptors (Lipinski definition) is 4. The van der Waals surface area contributed by atoms with E-state index in [0.717, 1.165) is 38.1 Å². The molecule has 6 heteroatoms. The van der Waals surface area contributed by atoms with Crippen LogP contribution in [0.25, 0.3) is 0 Å². The molecule has 0 radical (unpaired) electrons. The standard InChI is InChI=1S/C13H18FN3O2/c1-17(8-10-4-2-3-5-19-10)13(18)11-6-9(14)7-16-12(11)15/h6-7,10H,2-5,8H2,1H3,(H2,15,16). The SMILES string of the molecule is CN(CC1CCCCO1)C(=O)c1cc(F)cnc1N. The highest BCUT2D eigenvalue weighted by Crippen LogP contribution is 2.16. The van der Waals surface area contributed by atoms with E-state index in [2.05, 4.69) is 4.98 Å². The van der Waals surface area contributed by atoms with E-state index in [1.807, 2.05) is 0 Å². The van der Waals surface area contributed by atoms with Crippen molar-refractivity contribution in [2.75, 3.05) is 25.9 Å². The third-order valence-electron chi connectivity index (χ3n) is 3.21. The molecule has 1 aliphatic heterocycles. The molecule has 0 bridgehead atoms. The zero-order valence-electron chi connectivity index (χ0n) is 10.9. The number of amides is 1. The van der Waals surface area contributed by atoms with Crippen molar-refractivity contribution in [2.24, 2.45) is 0 Å². The highest BCUT2D eigenvalue weighted by Gasteiger charge is 2.21. The average Bonchev–Trinajstić information content (AvgIpc) is 2.42. The lowest BCUT2D eigenvalue weighted by Gasteiger charge is -2.27. The van der Waals surface area contributed by atoms with Crippen LogP contribution in [0.2, 0.25) is 0 Å². The van der Waals surface area contributed by atoms with E-state index in [9.17, 15) is 9.18 Å². The molecule has 1 aromatic rings. The summed E-state index contributed by atoms with van der Waals surface area (Å²) < 4.78 is 18.7. The van der Waals surface area contributed by atoms with Crippen LogP contribution in [0, 0.1) is 5.82 Å². The van der Waals surface area contributed by atoms with Crippen LogP contribution in [0.15, 0.2) is 12.3 Å². The average molecular weight is 267 g/mol. The molecule has 1 aromatic heterocycles. The number of carbonyl (C=O) groups excluding carboxylic acids is 1. The van der Waals surface area contributed by atoms with Crippen molar-refractivity contribution in [1.82, 2.24) is 9.88 Å². The third kappa shape index (κ3) is 3.41. The van der Waals surface area contributed by atoms with Crippen molar-refractivity contribution in [1.29, 1.82) is 0 Å². The molecule has 0 aromatic carbocycles. The summed E-state index contributed by atoms with van der Waals surface area (Å²) >= 11 is 0. The Bertz CT molecular complexity index is 461. The topological polar surface area (TPSA) is 68.5 Å². The van der Waals surface area contributed by atoms with E-state index in [0.29, 0.717) is 6.54 Å². The minimum Gasteiger partial charge on any atom is -0.383 e. The van der Waals surface area contributed by atoms with Gasteiger partial charge in [0.15, 0.2) is 0 Å². The molecule has 1 fully saturated rings. The van der Waals surface area contributed by atoms with Crippen molar-refractivity contribution >= 4 is 11.7 Å². The molecule has 1 atom stereocenters. The van der Waals surface area contributed by atoms with E-state index < -0.39 is 5.82 Å². The van der Waals surface area contributed by atoms with E-state index >= 15 is 0 Å². The summed E-state index contributed by atoms with van der Waals surface area (Å²) in [6.45, 7) is 1.21. The minimum absolute atomic E-state index is 0.0443. The predicted octanol–water partition coefficient (Wildman–Crippen LogP) is 1.44. The number of hydrogen-bond donors (Lipinski definition) is 1. The van der Waals surface area contributed by atoms with Crippen LogP contribution < -0.4 is 5.73 Å². The lowest BCUT2D eigenvalue weighted by atomic mass is 10.1. The van der Waals surface area contributed by atoms with Crippen LogP contribution in [0.1, 0.15) is 29.6 Å². The Kier molecular flexibility index (Phi) is 4.31. The van der Waals surface area contributed by atoms with Crippen LogP contribution in [-0.2, 0) is 4.74 Å². The van der Waals surface area contributed by atoms with Gasteiger partial charge < -0.3 is 15.4 Å². The van der Waals surface area contributed by atoms with E-state index in [1.165, 1.54) is 4.90 Å². The molecular formula is C13H18FN3O2. The number of anilines is 1. The van der Waals surface area contributed by atoms with Crippen LogP contribution in [0.5, 0.6) is 0 Å². The number of carbonyl (C=O) groups is 1. The number of nitrogens with zero attached hydrogens (tertiary/aromatic N) is 2. The molecule has 2 N–H and O–H groups in total. The summed E-state index contributed by atoms with van der Waals surface area (Å²) in [6, 6.07) is 1.11. The molecular weight excluding hydrogens is 249 g/mol. The summed E-state index contributed by atoms with van der Waals surface area (Å²) in [4.78, 5) is 17.3. The minimum atomic E-state index is -0.570. The summed E-state index contributed by atoms with van der Waals surface area (Å²) in [5.41, 5.74) is 5.70. The highest BCUT2D eigenvalue weighted by atomic mass is 19.1. The van der Waals surface area contributed by atoms with E-state index in [-0.39, 0.29) is 23.4 Å². The third-order valence-corrected chi connectivity index (χ3v) is 3.21. The second-order valence-corrected chi connectivity index (χ2v) is 4.76. The molecule has 0 aliphatic carbocycles. The second-order valence-electron chi connectivity index (χ2n) is 4.76. The van der Waals surface area contributed by atoms with Gasteiger partial charge in [0.25, 0.3) is 5.91 Å². The van der Waals surface area contributed by atoms with Crippen LogP contribution in [0.3, 0.4) is 0 Å². The van der Waals surface area contributed by atoms with Crippen LogP contribution >= 0.6 is 0 Å². The molecule has 2 heterocycles. The van der Waals surface area contributed by atoms with Crippen molar-refractivity contribution in [3.63, 3.8) is 0 Å². The van der Waals surface area contributed by atoms with Crippen LogP contribution in [0.4, 0.5) is 10.2 Å². The number of pyridine rings is 1. The van der Waals surface area contributed by atoms with E-state index in [4.69, 9.17) is 10.5 Å². The molecule has 2 rings (SSSR count). The maximum Gasteiger partial charge on any atom is 0.257 e.